The van der Waals surface area contributed by atoms with Crippen LogP contribution >= 0.6 is 0 Å². The summed E-state index contributed by atoms with van der Waals surface area (Å²) in [5.41, 5.74) is 11.4. The molecular weight excluding hydrogens is 292 g/mol. The molecule has 8 heteroatoms. The lowest BCUT2D eigenvalue weighted by Crippen LogP contribution is -2.37. The average Bonchev–Trinajstić information content (AvgIpc) is 2.42. The van der Waals surface area contributed by atoms with Gasteiger partial charge in [0.15, 0.2) is 5.96 Å². The average molecular weight is 314 g/mol. The maximum absolute atomic E-state index is 12.2. The van der Waals surface area contributed by atoms with Crippen LogP contribution in [0.1, 0.15) is 18.4 Å². The Bertz CT molecular complexity index is 566. The van der Waals surface area contributed by atoms with Crippen LogP contribution in [0.5, 0.6) is 0 Å². The van der Waals surface area contributed by atoms with Crippen molar-refractivity contribution in [3.05, 3.63) is 29.8 Å². The van der Waals surface area contributed by atoms with Crippen molar-refractivity contribution < 1.29 is 13.5 Å². The lowest BCUT2D eigenvalue weighted by atomic mass is 10.2. The summed E-state index contributed by atoms with van der Waals surface area (Å²) < 4.78 is 26.8. The molecule has 0 heterocycles. The van der Waals surface area contributed by atoms with Crippen LogP contribution in [0, 0.1) is 6.92 Å². The summed E-state index contributed by atoms with van der Waals surface area (Å²) in [4.78, 5) is 3.99. The maximum atomic E-state index is 12.2. The number of guanidine groups is 1. The van der Waals surface area contributed by atoms with Crippen LogP contribution < -0.4 is 16.2 Å². The number of aliphatic hydroxyl groups is 1. The fourth-order valence-corrected chi connectivity index (χ4v) is 3.00. The molecule has 1 aromatic rings. The Labute approximate surface area is 125 Å². The molecule has 1 atom stereocenters. The molecule has 0 fully saturated rings. The second-order valence-corrected chi connectivity index (χ2v) is 6.48. The Balaban J connectivity index is 2.62. The first-order chi connectivity index (χ1) is 9.85. The van der Waals surface area contributed by atoms with Crippen molar-refractivity contribution in [3.8, 4) is 0 Å². The number of aryl methyl sites for hydroxylation is 1. The molecule has 118 valence electrons. The third-order valence-electron chi connectivity index (χ3n) is 2.88. The van der Waals surface area contributed by atoms with E-state index >= 15 is 0 Å². The molecule has 1 rings (SSSR count). The number of benzene rings is 1. The van der Waals surface area contributed by atoms with Gasteiger partial charge in [0, 0.05) is 12.6 Å². The summed E-state index contributed by atoms with van der Waals surface area (Å²) in [7, 11) is -3.64. The molecule has 0 aliphatic heterocycles. The number of hydrogen-bond donors (Lipinski definition) is 4. The monoisotopic (exact) mass is 314 g/mol. The molecule has 1 unspecified atom stereocenters. The molecule has 7 nitrogen and oxygen atoms in total. The number of nitrogens with zero attached hydrogens (tertiary/aromatic N) is 1. The molecule has 0 aliphatic carbocycles. The van der Waals surface area contributed by atoms with Gasteiger partial charge in [0.2, 0.25) is 10.0 Å². The number of nitrogens with two attached hydrogens (primary N) is 2. The second kappa shape index (κ2) is 7.96. The smallest absolute Gasteiger partial charge is 0.240 e. The van der Waals surface area contributed by atoms with Gasteiger partial charge < -0.3 is 16.6 Å². The van der Waals surface area contributed by atoms with E-state index in [2.05, 4.69) is 9.71 Å². The SMILES string of the molecule is Cc1ccc(S(=O)(=O)NC(CO)CCCN=C(N)N)cc1. The highest BCUT2D eigenvalue weighted by molar-refractivity contribution is 7.89. The zero-order valence-corrected chi connectivity index (χ0v) is 12.8. The minimum absolute atomic E-state index is 0.00390. The van der Waals surface area contributed by atoms with E-state index in [-0.39, 0.29) is 17.5 Å². The minimum Gasteiger partial charge on any atom is -0.395 e. The summed E-state index contributed by atoms with van der Waals surface area (Å²) in [6, 6.07) is 5.95. The van der Waals surface area contributed by atoms with Gasteiger partial charge in [-0.3, -0.25) is 4.99 Å². The van der Waals surface area contributed by atoms with Gasteiger partial charge in [-0.05, 0) is 31.9 Å². The van der Waals surface area contributed by atoms with Crippen LogP contribution in [0.4, 0.5) is 0 Å². The van der Waals surface area contributed by atoms with Crippen LogP contribution in [0.25, 0.3) is 0 Å². The third-order valence-corrected chi connectivity index (χ3v) is 4.41. The first kappa shape index (κ1) is 17.4. The summed E-state index contributed by atoms with van der Waals surface area (Å²) >= 11 is 0. The highest BCUT2D eigenvalue weighted by atomic mass is 32.2. The van der Waals surface area contributed by atoms with E-state index in [1.807, 2.05) is 6.92 Å². The Morgan fingerprint density at radius 2 is 1.95 bits per heavy atom. The quantitative estimate of drug-likeness (QED) is 0.297. The number of aliphatic imine (C=N–C) groups is 1. The lowest BCUT2D eigenvalue weighted by molar-refractivity contribution is 0.249. The molecule has 0 spiro atoms. The van der Waals surface area contributed by atoms with Crippen LogP contribution in [-0.2, 0) is 10.0 Å². The summed E-state index contributed by atoms with van der Waals surface area (Å²) in [6.07, 6.45) is 1.01. The summed E-state index contributed by atoms with van der Waals surface area (Å²) in [5.74, 6) is -0.00390. The van der Waals surface area contributed by atoms with E-state index in [4.69, 9.17) is 11.5 Å². The summed E-state index contributed by atoms with van der Waals surface area (Å²) in [5, 5.41) is 9.28. The van der Waals surface area contributed by atoms with Gasteiger partial charge >= 0.3 is 0 Å². The molecule has 0 aliphatic rings. The van der Waals surface area contributed by atoms with Gasteiger partial charge in [-0.2, -0.15) is 0 Å². The number of rotatable bonds is 8. The zero-order valence-electron chi connectivity index (χ0n) is 12.0. The first-order valence-corrected chi connectivity index (χ1v) is 8.08. The number of sulfonamides is 1. The normalized spacial score (nSPS) is 12.9. The van der Waals surface area contributed by atoms with Gasteiger partial charge in [-0.15, -0.1) is 0 Å². The zero-order chi connectivity index (χ0) is 15.9. The molecule has 0 radical (unpaired) electrons. The van der Waals surface area contributed by atoms with Crippen molar-refractivity contribution in [1.29, 1.82) is 0 Å². The molecule has 21 heavy (non-hydrogen) atoms. The minimum atomic E-state index is -3.64. The van der Waals surface area contributed by atoms with Gasteiger partial charge in [0.05, 0.1) is 11.5 Å². The maximum Gasteiger partial charge on any atom is 0.240 e. The van der Waals surface area contributed by atoms with Crippen molar-refractivity contribution >= 4 is 16.0 Å². The molecule has 0 bridgehead atoms. The Kier molecular flexibility index (Phi) is 6.60. The van der Waals surface area contributed by atoms with Crippen molar-refractivity contribution in [2.45, 2.75) is 30.7 Å². The standard InChI is InChI=1S/C13H22N4O3S/c1-10-4-6-12(7-5-10)21(19,20)17-11(9-18)3-2-8-16-13(14)15/h4-7,11,17-18H,2-3,8-9H2,1H3,(H4,14,15,16). The number of hydrogen-bond acceptors (Lipinski definition) is 4. The molecule has 0 aromatic heterocycles. The highest BCUT2D eigenvalue weighted by Crippen LogP contribution is 2.11. The summed E-state index contributed by atoms with van der Waals surface area (Å²) in [6.45, 7) is 1.99. The van der Waals surface area contributed by atoms with Crippen LogP contribution in [0.2, 0.25) is 0 Å². The molecule has 1 aromatic carbocycles. The van der Waals surface area contributed by atoms with Crippen molar-refractivity contribution in [2.24, 2.45) is 16.5 Å². The van der Waals surface area contributed by atoms with Crippen molar-refractivity contribution in [3.63, 3.8) is 0 Å². The van der Waals surface area contributed by atoms with E-state index in [0.29, 0.717) is 19.4 Å². The largest absolute Gasteiger partial charge is 0.395 e. The number of aliphatic hydroxyl groups excluding tert-OH is 1. The topological polar surface area (TPSA) is 131 Å². The molecule has 0 saturated carbocycles. The van der Waals surface area contributed by atoms with Crippen molar-refractivity contribution in [2.75, 3.05) is 13.2 Å². The van der Waals surface area contributed by atoms with E-state index < -0.39 is 16.1 Å². The van der Waals surface area contributed by atoms with E-state index in [1.165, 1.54) is 12.1 Å². The van der Waals surface area contributed by atoms with Gasteiger partial charge in [-0.25, -0.2) is 13.1 Å². The van der Waals surface area contributed by atoms with E-state index in [0.717, 1.165) is 5.56 Å². The molecular formula is C13H22N4O3S. The number of nitrogens with one attached hydrogen (secondary N) is 1. The first-order valence-electron chi connectivity index (χ1n) is 6.60. The second-order valence-electron chi connectivity index (χ2n) is 4.76. The highest BCUT2D eigenvalue weighted by Gasteiger charge is 2.19. The van der Waals surface area contributed by atoms with Crippen LogP contribution in [0.15, 0.2) is 34.2 Å². The molecule has 0 saturated heterocycles. The van der Waals surface area contributed by atoms with Gasteiger partial charge in [-0.1, -0.05) is 17.7 Å². The van der Waals surface area contributed by atoms with Gasteiger partial charge in [0.25, 0.3) is 0 Å². The van der Waals surface area contributed by atoms with Crippen molar-refractivity contribution in [1.82, 2.24) is 4.72 Å². The lowest BCUT2D eigenvalue weighted by Gasteiger charge is -2.16. The van der Waals surface area contributed by atoms with Crippen LogP contribution in [-0.4, -0.2) is 38.7 Å². The fourth-order valence-electron chi connectivity index (χ4n) is 1.74. The molecule has 6 N–H and O–H groups in total. The Morgan fingerprint density at radius 3 is 2.48 bits per heavy atom. The predicted molar refractivity (Wildman–Crippen MR) is 82.3 cm³/mol. The van der Waals surface area contributed by atoms with E-state index in [1.54, 1.807) is 12.1 Å². The molecule has 0 amide bonds. The fraction of sp³-hybridized carbons (Fsp3) is 0.462. The predicted octanol–water partition coefficient (Wildman–Crippen LogP) is -0.312. The third kappa shape index (κ3) is 6.11. The van der Waals surface area contributed by atoms with E-state index in [9.17, 15) is 13.5 Å². The Hall–Kier alpha value is -1.64. The van der Waals surface area contributed by atoms with Crippen LogP contribution in [0.3, 0.4) is 0 Å². The van der Waals surface area contributed by atoms with Gasteiger partial charge in [0.1, 0.15) is 0 Å². The Morgan fingerprint density at radius 1 is 1.33 bits per heavy atom.